The highest BCUT2D eigenvalue weighted by atomic mass is 32.1. The van der Waals surface area contributed by atoms with E-state index in [1.807, 2.05) is 6.20 Å². The van der Waals surface area contributed by atoms with Crippen molar-refractivity contribution < 1.29 is 9.47 Å². The molecule has 4 rings (SSSR count). The van der Waals surface area contributed by atoms with Crippen molar-refractivity contribution in [3.63, 3.8) is 0 Å². The van der Waals surface area contributed by atoms with Gasteiger partial charge in [-0.2, -0.15) is 0 Å². The van der Waals surface area contributed by atoms with Crippen molar-refractivity contribution in [1.29, 1.82) is 0 Å². The number of ether oxygens (including phenoxy) is 2. The van der Waals surface area contributed by atoms with Crippen LogP contribution >= 0.6 is 11.3 Å². The number of fused-ring (bicyclic) bond motifs is 1. The minimum Gasteiger partial charge on any atom is -0.356 e. The number of piperidine rings is 1. The van der Waals surface area contributed by atoms with Gasteiger partial charge in [0.05, 0.1) is 13.2 Å². The molecule has 5 heteroatoms. The highest BCUT2D eigenvalue weighted by Gasteiger charge is 2.31. The van der Waals surface area contributed by atoms with Crippen LogP contribution in [0, 0.1) is 5.92 Å². The van der Waals surface area contributed by atoms with Crippen LogP contribution in [0.3, 0.4) is 0 Å². The van der Waals surface area contributed by atoms with Gasteiger partial charge in [-0.15, -0.1) is 11.3 Å². The van der Waals surface area contributed by atoms with Crippen LogP contribution in [-0.2, 0) is 9.47 Å². The van der Waals surface area contributed by atoms with Crippen molar-refractivity contribution in [3.8, 4) is 0 Å². The SMILES string of the molecule is c1cc2sccc2c(N2CCC(C3OCCO3)CC2)n1. The number of hydrogen-bond acceptors (Lipinski definition) is 5. The van der Waals surface area contributed by atoms with E-state index < -0.39 is 0 Å². The Morgan fingerprint density at radius 3 is 2.75 bits per heavy atom. The highest BCUT2D eigenvalue weighted by Crippen LogP contribution is 2.32. The fourth-order valence-electron chi connectivity index (χ4n) is 3.16. The number of nitrogens with zero attached hydrogens (tertiary/aromatic N) is 2. The van der Waals surface area contributed by atoms with Crippen LogP contribution in [0.15, 0.2) is 23.7 Å². The summed E-state index contributed by atoms with van der Waals surface area (Å²) in [7, 11) is 0. The van der Waals surface area contributed by atoms with Gasteiger partial charge in [0.15, 0.2) is 6.29 Å². The van der Waals surface area contributed by atoms with Crippen LogP contribution in [0.25, 0.3) is 10.1 Å². The first-order valence-corrected chi connectivity index (χ1v) is 8.10. The maximum atomic E-state index is 5.64. The molecule has 2 saturated heterocycles. The summed E-state index contributed by atoms with van der Waals surface area (Å²) in [4.78, 5) is 7.00. The molecule has 0 saturated carbocycles. The van der Waals surface area contributed by atoms with E-state index in [-0.39, 0.29) is 6.29 Å². The molecule has 0 radical (unpaired) electrons. The molecule has 2 aromatic heterocycles. The fraction of sp³-hybridized carbons (Fsp3) is 0.533. The maximum absolute atomic E-state index is 5.64. The molecule has 4 heterocycles. The standard InChI is InChI=1S/C15H18N2O2S/c1-5-16-14(12-4-10-20-13(1)12)17-6-2-11(3-7-17)15-18-8-9-19-15/h1,4-5,10-11,15H,2-3,6-9H2. The van der Waals surface area contributed by atoms with Crippen LogP contribution in [0.2, 0.25) is 0 Å². The van der Waals surface area contributed by atoms with Crippen LogP contribution in [0.4, 0.5) is 5.82 Å². The average Bonchev–Trinajstić information content (AvgIpc) is 3.18. The lowest BCUT2D eigenvalue weighted by atomic mass is 9.96. The van der Waals surface area contributed by atoms with Gasteiger partial charge < -0.3 is 14.4 Å². The molecular formula is C15H18N2O2S. The second-order valence-electron chi connectivity index (χ2n) is 5.40. The van der Waals surface area contributed by atoms with Crippen molar-refractivity contribution in [2.45, 2.75) is 19.1 Å². The number of rotatable bonds is 2. The monoisotopic (exact) mass is 290 g/mol. The predicted molar refractivity (Wildman–Crippen MR) is 80.2 cm³/mol. The molecule has 0 bridgehead atoms. The number of aromatic nitrogens is 1. The van der Waals surface area contributed by atoms with Gasteiger partial charge in [0.25, 0.3) is 0 Å². The van der Waals surface area contributed by atoms with E-state index in [2.05, 4.69) is 27.4 Å². The van der Waals surface area contributed by atoms with Gasteiger partial charge in [-0.25, -0.2) is 4.98 Å². The van der Waals surface area contributed by atoms with Gasteiger partial charge in [0, 0.05) is 35.3 Å². The van der Waals surface area contributed by atoms with Gasteiger partial charge in [-0.3, -0.25) is 0 Å². The Kier molecular flexibility index (Phi) is 3.34. The number of thiophene rings is 1. The number of anilines is 1. The Bertz CT molecular complexity index is 586. The molecule has 106 valence electrons. The number of pyridine rings is 1. The van der Waals surface area contributed by atoms with Crippen LogP contribution in [0.5, 0.6) is 0 Å². The third kappa shape index (κ3) is 2.20. The van der Waals surface area contributed by atoms with E-state index in [1.54, 1.807) is 11.3 Å². The van der Waals surface area contributed by atoms with Gasteiger partial charge in [0.2, 0.25) is 0 Å². The molecule has 2 aliphatic heterocycles. The molecule has 0 aliphatic carbocycles. The van der Waals surface area contributed by atoms with Crippen molar-refractivity contribution in [3.05, 3.63) is 23.7 Å². The minimum atomic E-state index is 0.0297. The first-order chi connectivity index (χ1) is 9.92. The van der Waals surface area contributed by atoms with Crippen LogP contribution in [-0.4, -0.2) is 37.6 Å². The predicted octanol–water partition coefficient (Wildman–Crippen LogP) is 2.89. The molecule has 2 aliphatic rings. The maximum Gasteiger partial charge on any atom is 0.160 e. The molecule has 0 N–H and O–H groups in total. The molecule has 0 unspecified atom stereocenters. The van der Waals surface area contributed by atoms with Gasteiger partial charge in [-0.05, 0) is 30.4 Å². The van der Waals surface area contributed by atoms with Gasteiger partial charge in [0.1, 0.15) is 5.82 Å². The molecular weight excluding hydrogens is 272 g/mol. The first kappa shape index (κ1) is 12.6. The Hall–Kier alpha value is -1.17. The summed E-state index contributed by atoms with van der Waals surface area (Å²) in [6.07, 6.45) is 4.19. The van der Waals surface area contributed by atoms with Crippen LogP contribution in [0.1, 0.15) is 12.8 Å². The Labute approximate surface area is 122 Å². The largest absolute Gasteiger partial charge is 0.356 e. The Balaban J connectivity index is 1.50. The van der Waals surface area contributed by atoms with Crippen molar-refractivity contribution in [2.24, 2.45) is 5.92 Å². The molecule has 2 aromatic rings. The highest BCUT2D eigenvalue weighted by molar-refractivity contribution is 7.17. The summed E-state index contributed by atoms with van der Waals surface area (Å²) in [6, 6.07) is 4.27. The summed E-state index contributed by atoms with van der Waals surface area (Å²) < 4.78 is 12.6. The smallest absolute Gasteiger partial charge is 0.160 e. The lowest BCUT2D eigenvalue weighted by molar-refractivity contribution is -0.0889. The lowest BCUT2D eigenvalue weighted by Gasteiger charge is -2.34. The zero-order chi connectivity index (χ0) is 13.4. The Morgan fingerprint density at radius 1 is 1.15 bits per heavy atom. The molecule has 0 atom stereocenters. The van der Waals surface area contributed by atoms with Crippen molar-refractivity contribution >= 4 is 27.2 Å². The van der Waals surface area contributed by atoms with Crippen molar-refractivity contribution in [1.82, 2.24) is 4.98 Å². The quantitative estimate of drug-likeness (QED) is 0.852. The van der Waals surface area contributed by atoms with E-state index >= 15 is 0 Å². The number of hydrogen-bond donors (Lipinski definition) is 0. The summed E-state index contributed by atoms with van der Waals surface area (Å²) in [6.45, 7) is 3.58. The van der Waals surface area contributed by atoms with E-state index in [4.69, 9.17) is 9.47 Å². The zero-order valence-corrected chi connectivity index (χ0v) is 12.1. The van der Waals surface area contributed by atoms with E-state index in [0.29, 0.717) is 5.92 Å². The zero-order valence-electron chi connectivity index (χ0n) is 11.3. The topological polar surface area (TPSA) is 34.6 Å². The molecule has 4 nitrogen and oxygen atoms in total. The third-order valence-electron chi connectivity index (χ3n) is 4.23. The van der Waals surface area contributed by atoms with E-state index in [0.717, 1.165) is 45.0 Å². The fourth-order valence-corrected chi connectivity index (χ4v) is 3.94. The van der Waals surface area contributed by atoms with Crippen molar-refractivity contribution in [2.75, 3.05) is 31.2 Å². The molecule has 0 spiro atoms. The molecule has 0 amide bonds. The van der Waals surface area contributed by atoms with Gasteiger partial charge in [-0.1, -0.05) is 0 Å². The third-order valence-corrected chi connectivity index (χ3v) is 5.11. The molecule has 0 aromatic carbocycles. The second kappa shape index (κ2) is 5.31. The Morgan fingerprint density at radius 2 is 1.95 bits per heavy atom. The van der Waals surface area contributed by atoms with E-state index in [9.17, 15) is 0 Å². The van der Waals surface area contributed by atoms with Crippen LogP contribution < -0.4 is 4.90 Å². The summed E-state index contributed by atoms with van der Waals surface area (Å²) in [5, 5.41) is 3.42. The summed E-state index contributed by atoms with van der Waals surface area (Å²) in [5.74, 6) is 1.67. The minimum absolute atomic E-state index is 0.0297. The van der Waals surface area contributed by atoms with E-state index in [1.165, 1.54) is 10.1 Å². The normalized spacial score (nSPS) is 21.9. The summed E-state index contributed by atoms with van der Waals surface area (Å²) in [5.41, 5.74) is 0. The first-order valence-electron chi connectivity index (χ1n) is 7.22. The molecule has 2 fully saturated rings. The second-order valence-corrected chi connectivity index (χ2v) is 6.35. The molecule has 20 heavy (non-hydrogen) atoms. The van der Waals surface area contributed by atoms with Gasteiger partial charge >= 0.3 is 0 Å². The lowest BCUT2D eigenvalue weighted by Crippen LogP contribution is -2.38. The average molecular weight is 290 g/mol. The summed E-state index contributed by atoms with van der Waals surface area (Å²) >= 11 is 1.78.